The van der Waals surface area contributed by atoms with Crippen LogP contribution in [0, 0.1) is 11.7 Å². The van der Waals surface area contributed by atoms with E-state index in [1.165, 1.54) is 18.2 Å². The molecule has 1 N–H and O–H groups in total. The molecule has 1 aromatic rings. The average molecular weight is 270 g/mol. The zero-order valence-corrected chi connectivity index (χ0v) is 11.1. The Labute approximate surface area is 112 Å². The number of ketones is 1. The third-order valence-electron chi connectivity index (χ3n) is 3.42. The van der Waals surface area contributed by atoms with E-state index in [2.05, 4.69) is 12.2 Å². The first-order chi connectivity index (χ1) is 8.56. The maximum Gasteiger partial charge on any atom is 0.165 e. The van der Waals surface area contributed by atoms with Gasteiger partial charge in [-0.3, -0.25) is 4.79 Å². The predicted molar refractivity (Wildman–Crippen MR) is 70.5 cm³/mol. The Morgan fingerprint density at radius 1 is 1.56 bits per heavy atom. The van der Waals surface area contributed by atoms with Crippen LogP contribution < -0.4 is 5.32 Å². The number of nitrogens with one attached hydrogen (secondary N) is 1. The lowest BCUT2D eigenvalue weighted by molar-refractivity contribution is 0.0959. The molecule has 0 radical (unpaired) electrons. The Balaban J connectivity index is 2.03. The Morgan fingerprint density at radius 2 is 2.33 bits per heavy atom. The normalized spacial score (nSPS) is 23.9. The van der Waals surface area contributed by atoms with E-state index in [4.69, 9.17) is 11.6 Å². The molecule has 2 unspecified atom stereocenters. The van der Waals surface area contributed by atoms with Crippen LogP contribution in [0.2, 0.25) is 5.02 Å². The molecule has 4 heteroatoms. The number of carbonyl (C=O) groups is 1. The Bertz CT molecular complexity index is 449. The van der Waals surface area contributed by atoms with Crippen molar-refractivity contribution in [3.63, 3.8) is 0 Å². The third kappa shape index (κ3) is 3.30. The van der Waals surface area contributed by atoms with Gasteiger partial charge in [0.05, 0.1) is 5.02 Å². The van der Waals surface area contributed by atoms with Crippen molar-refractivity contribution in [2.45, 2.75) is 32.2 Å². The van der Waals surface area contributed by atoms with Gasteiger partial charge in [-0.1, -0.05) is 18.5 Å². The van der Waals surface area contributed by atoms with Crippen LogP contribution in [-0.2, 0) is 0 Å². The van der Waals surface area contributed by atoms with Crippen molar-refractivity contribution in [1.82, 2.24) is 5.32 Å². The minimum Gasteiger partial charge on any atom is -0.314 e. The number of piperidine rings is 1. The molecule has 0 aliphatic carbocycles. The van der Waals surface area contributed by atoms with Gasteiger partial charge in [-0.25, -0.2) is 4.39 Å². The van der Waals surface area contributed by atoms with Crippen molar-refractivity contribution in [1.29, 1.82) is 0 Å². The van der Waals surface area contributed by atoms with Crippen molar-refractivity contribution in [3.05, 3.63) is 34.6 Å². The van der Waals surface area contributed by atoms with E-state index in [1.54, 1.807) is 0 Å². The largest absolute Gasteiger partial charge is 0.314 e. The van der Waals surface area contributed by atoms with Crippen LogP contribution >= 0.6 is 11.6 Å². The van der Waals surface area contributed by atoms with Crippen LogP contribution in [0.5, 0.6) is 0 Å². The van der Waals surface area contributed by atoms with Gasteiger partial charge >= 0.3 is 0 Å². The summed E-state index contributed by atoms with van der Waals surface area (Å²) in [5, 5.41) is 3.54. The van der Waals surface area contributed by atoms with Gasteiger partial charge in [-0.15, -0.1) is 0 Å². The van der Waals surface area contributed by atoms with Crippen LogP contribution in [-0.4, -0.2) is 18.4 Å². The molecule has 2 atom stereocenters. The maximum atomic E-state index is 12.9. The SMILES string of the molecule is CC1CCNC(CC(=O)c2ccc(F)cc2Cl)C1. The Kier molecular flexibility index (Phi) is 4.36. The number of halogens is 2. The van der Waals surface area contributed by atoms with Gasteiger partial charge in [0.2, 0.25) is 0 Å². The van der Waals surface area contributed by atoms with Gasteiger partial charge in [0, 0.05) is 18.0 Å². The van der Waals surface area contributed by atoms with E-state index >= 15 is 0 Å². The lowest BCUT2D eigenvalue weighted by atomic mass is 9.90. The second kappa shape index (κ2) is 5.81. The lowest BCUT2D eigenvalue weighted by Crippen LogP contribution is -2.38. The standard InChI is InChI=1S/C14H17ClFNO/c1-9-4-5-17-11(6-9)8-14(18)12-3-2-10(16)7-13(12)15/h2-3,7,9,11,17H,4-6,8H2,1H3. The summed E-state index contributed by atoms with van der Waals surface area (Å²) in [6.07, 6.45) is 2.59. The fourth-order valence-electron chi connectivity index (χ4n) is 2.43. The highest BCUT2D eigenvalue weighted by atomic mass is 35.5. The van der Waals surface area contributed by atoms with E-state index in [-0.39, 0.29) is 16.8 Å². The lowest BCUT2D eigenvalue weighted by Gasteiger charge is -2.27. The highest BCUT2D eigenvalue weighted by Gasteiger charge is 2.22. The van der Waals surface area contributed by atoms with Gasteiger partial charge < -0.3 is 5.32 Å². The molecule has 0 aromatic heterocycles. The molecular weight excluding hydrogens is 253 g/mol. The molecule has 1 aliphatic heterocycles. The number of hydrogen-bond donors (Lipinski definition) is 1. The monoisotopic (exact) mass is 269 g/mol. The summed E-state index contributed by atoms with van der Waals surface area (Å²) in [5.74, 6) is 0.209. The summed E-state index contributed by atoms with van der Waals surface area (Å²) in [6, 6.07) is 4.14. The van der Waals surface area contributed by atoms with Crippen LogP contribution in [0.15, 0.2) is 18.2 Å². The fourth-order valence-corrected chi connectivity index (χ4v) is 2.70. The molecule has 98 valence electrons. The number of rotatable bonds is 3. The first-order valence-electron chi connectivity index (χ1n) is 6.28. The molecule has 18 heavy (non-hydrogen) atoms. The Hall–Kier alpha value is -0.930. The molecule has 0 amide bonds. The van der Waals surface area contributed by atoms with E-state index in [0.29, 0.717) is 17.9 Å². The quantitative estimate of drug-likeness (QED) is 0.852. The number of carbonyl (C=O) groups excluding carboxylic acids is 1. The smallest absolute Gasteiger partial charge is 0.165 e. The van der Waals surface area contributed by atoms with Crippen LogP contribution in [0.1, 0.15) is 36.5 Å². The molecule has 1 heterocycles. The number of benzene rings is 1. The molecule has 2 nitrogen and oxygen atoms in total. The van der Waals surface area contributed by atoms with Gasteiger partial charge in [0.25, 0.3) is 0 Å². The van der Waals surface area contributed by atoms with Crippen molar-refractivity contribution >= 4 is 17.4 Å². The molecule has 2 rings (SSSR count). The first kappa shape index (κ1) is 13.5. The summed E-state index contributed by atoms with van der Waals surface area (Å²) in [7, 11) is 0. The maximum absolute atomic E-state index is 12.9. The molecule has 0 bridgehead atoms. The van der Waals surface area contributed by atoms with Gasteiger partial charge in [0.15, 0.2) is 5.78 Å². The molecule has 1 fully saturated rings. The second-order valence-electron chi connectivity index (χ2n) is 5.03. The minimum atomic E-state index is -0.416. The van der Waals surface area contributed by atoms with Crippen molar-refractivity contribution in [2.75, 3.05) is 6.54 Å². The van der Waals surface area contributed by atoms with Crippen LogP contribution in [0.3, 0.4) is 0 Å². The summed E-state index contributed by atoms with van der Waals surface area (Å²) in [5.41, 5.74) is 0.415. The van der Waals surface area contributed by atoms with E-state index < -0.39 is 5.82 Å². The highest BCUT2D eigenvalue weighted by Crippen LogP contribution is 2.22. The molecule has 1 saturated heterocycles. The Morgan fingerprint density at radius 3 is 3.00 bits per heavy atom. The zero-order valence-electron chi connectivity index (χ0n) is 10.4. The molecule has 1 aromatic carbocycles. The fraction of sp³-hybridized carbons (Fsp3) is 0.500. The predicted octanol–water partition coefficient (Wildman–Crippen LogP) is 3.44. The van der Waals surface area contributed by atoms with Crippen molar-refractivity contribution < 1.29 is 9.18 Å². The number of Topliss-reactive ketones (excluding diaryl/α,β-unsaturated/α-hetero) is 1. The van der Waals surface area contributed by atoms with Gasteiger partial charge in [-0.2, -0.15) is 0 Å². The molecule has 0 saturated carbocycles. The van der Waals surface area contributed by atoms with Gasteiger partial charge in [0.1, 0.15) is 5.82 Å². The van der Waals surface area contributed by atoms with E-state index in [1.807, 2.05) is 0 Å². The van der Waals surface area contributed by atoms with Crippen molar-refractivity contribution in [3.8, 4) is 0 Å². The summed E-state index contributed by atoms with van der Waals surface area (Å²) < 4.78 is 12.9. The number of hydrogen-bond acceptors (Lipinski definition) is 2. The summed E-state index contributed by atoms with van der Waals surface area (Å²) in [4.78, 5) is 12.1. The topological polar surface area (TPSA) is 29.1 Å². The van der Waals surface area contributed by atoms with Crippen LogP contribution in [0.25, 0.3) is 0 Å². The zero-order chi connectivity index (χ0) is 13.1. The average Bonchev–Trinajstić information content (AvgIpc) is 2.28. The van der Waals surface area contributed by atoms with Gasteiger partial charge in [-0.05, 0) is 43.5 Å². The first-order valence-corrected chi connectivity index (χ1v) is 6.65. The van der Waals surface area contributed by atoms with E-state index in [9.17, 15) is 9.18 Å². The summed E-state index contributed by atoms with van der Waals surface area (Å²) >= 11 is 5.89. The molecule has 1 aliphatic rings. The van der Waals surface area contributed by atoms with Crippen LogP contribution in [0.4, 0.5) is 4.39 Å². The van der Waals surface area contributed by atoms with E-state index in [0.717, 1.165) is 19.4 Å². The summed E-state index contributed by atoms with van der Waals surface area (Å²) in [6.45, 7) is 3.15. The second-order valence-corrected chi connectivity index (χ2v) is 5.44. The highest BCUT2D eigenvalue weighted by molar-refractivity contribution is 6.34. The molecule has 0 spiro atoms. The third-order valence-corrected chi connectivity index (χ3v) is 3.73. The molecular formula is C14H17ClFNO. The minimum absolute atomic E-state index is 0.0217. The van der Waals surface area contributed by atoms with Crippen molar-refractivity contribution in [2.24, 2.45) is 5.92 Å².